The molecule has 0 amide bonds. The molecule has 1 aliphatic carbocycles. The summed E-state index contributed by atoms with van der Waals surface area (Å²) in [5.41, 5.74) is 2.48. The van der Waals surface area contributed by atoms with Gasteiger partial charge in [-0.05, 0) is 24.0 Å². The average Bonchev–Trinajstić information content (AvgIpc) is 2.29. The van der Waals surface area contributed by atoms with Gasteiger partial charge in [0.25, 0.3) is 0 Å². The minimum Gasteiger partial charge on any atom is -0.481 e. The quantitative estimate of drug-likeness (QED) is 0.785. The number of hydrogen-bond acceptors (Lipinski definition) is 3. The summed E-state index contributed by atoms with van der Waals surface area (Å²) in [5, 5.41) is 8.47. The SMILES string of the molecule is O=C(O)CCCS(=O)(=O)NCC1Cc2ccccc21. The van der Waals surface area contributed by atoms with Crippen molar-refractivity contribution in [1.29, 1.82) is 0 Å². The largest absolute Gasteiger partial charge is 0.481 e. The zero-order chi connectivity index (χ0) is 13.9. The van der Waals surface area contributed by atoms with Gasteiger partial charge in [-0.25, -0.2) is 13.1 Å². The molecule has 104 valence electrons. The van der Waals surface area contributed by atoms with Crippen LogP contribution < -0.4 is 4.72 Å². The molecule has 1 aromatic rings. The Balaban J connectivity index is 1.78. The van der Waals surface area contributed by atoms with Crippen molar-refractivity contribution in [3.63, 3.8) is 0 Å². The lowest BCUT2D eigenvalue weighted by Crippen LogP contribution is -2.34. The van der Waals surface area contributed by atoms with E-state index >= 15 is 0 Å². The fourth-order valence-corrected chi connectivity index (χ4v) is 3.38. The minimum absolute atomic E-state index is 0.118. The predicted molar refractivity (Wildman–Crippen MR) is 71.5 cm³/mol. The van der Waals surface area contributed by atoms with E-state index in [0.29, 0.717) is 6.54 Å². The van der Waals surface area contributed by atoms with E-state index in [1.54, 1.807) is 0 Å². The van der Waals surface area contributed by atoms with Gasteiger partial charge in [-0.2, -0.15) is 0 Å². The second-order valence-corrected chi connectivity index (χ2v) is 6.69. The molecule has 0 heterocycles. The van der Waals surface area contributed by atoms with Gasteiger partial charge in [0.05, 0.1) is 5.75 Å². The van der Waals surface area contributed by atoms with E-state index in [9.17, 15) is 13.2 Å². The van der Waals surface area contributed by atoms with Gasteiger partial charge in [-0.3, -0.25) is 4.79 Å². The normalized spacial score (nSPS) is 17.6. The highest BCUT2D eigenvalue weighted by Crippen LogP contribution is 2.34. The second kappa shape index (κ2) is 5.71. The van der Waals surface area contributed by atoms with Crippen molar-refractivity contribution in [2.45, 2.75) is 25.2 Å². The van der Waals surface area contributed by atoms with E-state index in [-0.39, 0.29) is 24.5 Å². The lowest BCUT2D eigenvalue weighted by molar-refractivity contribution is -0.137. The summed E-state index contributed by atoms with van der Waals surface area (Å²) >= 11 is 0. The summed E-state index contributed by atoms with van der Waals surface area (Å²) < 4.78 is 25.9. The van der Waals surface area contributed by atoms with Crippen molar-refractivity contribution in [2.24, 2.45) is 0 Å². The first kappa shape index (κ1) is 14.0. The zero-order valence-corrected chi connectivity index (χ0v) is 11.3. The Morgan fingerprint density at radius 3 is 2.79 bits per heavy atom. The number of aliphatic carboxylic acids is 1. The van der Waals surface area contributed by atoms with Crippen LogP contribution in [0.15, 0.2) is 24.3 Å². The highest BCUT2D eigenvalue weighted by Gasteiger charge is 2.26. The summed E-state index contributed by atoms with van der Waals surface area (Å²) in [5.74, 6) is -0.859. The van der Waals surface area contributed by atoms with Gasteiger partial charge in [-0.1, -0.05) is 24.3 Å². The van der Waals surface area contributed by atoms with Crippen LogP contribution in [-0.4, -0.2) is 31.8 Å². The van der Waals surface area contributed by atoms with Gasteiger partial charge in [0.2, 0.25) is 10.0 Å². The molecule has 19 heavy (non-hydrogen) atoms. The molecular weight excluding hydrogens is 266 g/mol. The Labute approximate surface area is 112 Å². The molecule has 0 bridgehead atoms. The van der Waals surface area contributed by atoms with E-state index in [0.717, 1.165) is 6.42 Å². The van der Waals surface area contributed by atoms with Crippen LogP contribution in [0.5, 0.6) is 0 Å². The van der Waals surface area contributed by atoms with Crippen LogP contribution in [0.3, 0.4) is 0 Å². The number of rotatable bonds is 7. The third-order valence-corrected chi connectivity index (χ3v) is 4.75. The number of carboxylic acids is 1. The molecule has 0 aliphatic heterocycles. The first-order valence-corrected chi connectivity index (χ1v) is 7.90. The van der Waals surface area contributed by atoms with Gasteiger partial charge in [-0.15, -0.1) is 0 Å². The number of nitrogens with one attached hydrogen (secondary N) is 1. The first-order chi connectivity index (χ1) is 8.98. The number of fused-ring (bicyclic) bond motifs is 1. The van der Waals surface area contributed by atoms with Crippen LogP contribution >= 0.6 is 0 Å². The molecule has 1 aliphatic rings. The maximum absolute atomic E-state index is 11.7. The van der Waals surface area contributed by atoms with Gasteiger partial charge in [0.15, 0.2) is 0 Å². The van der Waals surface area contributed by atoms with Gasteiger partial charge >= 0.3 is 5.97 Å². The zero-order valence-electron chi connectivity index (χ0n) is 10.5. The lowest BCUT2D eigenvalue weighted by atomic mass is 9.78. The molecule has 0 saturated carbocycles. The van der Waals surface area contributed by atoms with Gasteiger partial charge in [0.1, 0.15) is 0 Å². The van der Waals surface area contributed by atoms with Crippen LogP contribution in [0.25, 0.3) is 0 Å². The second-order valence-electron chi connectivity index (χ2n) is 4.76. The number of sulfonamides is 1. The number of carbonyl (C=O) groups is 1. The monoisotopic (exact) mass is 283 g/mol. The van der Waals surface area contributed by atoms with E-state index in [4.69, 9.17) is 5.11 Å². The third kappa shape index (κ3) is 3.78. The van der Waals surface area contributed by atoms with Crippen molar-refractivity contribution < 1.29 is 18.3 Å². The topological polar surface area (TPSA) is 83.5 Å². The van der Waals surface area contributed by atoms with Crippen LogP contribution in [0.1, 0.15) is 29.9 Å². The number of carboxylic acid groups (broad SMARTS) is 1. The van der Waals surface area contributed by atoms with Crippen LogP contribution in [-0.2, 0) is 21.2 Å². The molecule has 1 atom stereocenters. The highest BCUT2D eigenvalue weighted by molar-refractivity contribution is 7.89. The number of benzene rings is 1. The molecule has 0 fully saturated rings. The van der Waals surface area contributed by atoms with Crippen LogP contribution in [0.2, 0.25) is 0 Å². The summed E-state index contributed by atoms with van der Waals surface area (Å²) in [6.45, 7) is 0.395. The molecule has 5 nitrogen and oxygen atoms in total. The van der Waals surface area contributed by atoms with Crippen molar-refractivity contribution >= 4 is 16.0 Å². The molecule has 6 heteroatoms. The molecule has 1 aromatic carbocycles. The maximum atomic E-state index is 11.7. The Morgan fingerprint density at radius 1 is 1.37 bits per heavy atom. The summed E-state index contributed by atoms with van der Waals surface area (Å²) in [6, 6.07) is 7.99. The Morgan fingerprint density at radius 2 is 2.11 bits per heavy atom. The van der Waals surface area contributed by atoms with Crippen molar-refractivity contribution in [1.82, 2.24) is 4.72 Å². The molecule has 1 unspecified atom stereocenters. The van der Waals surface area contributed by atoms with Crippen molar-refractivity contribution in [2.75, 3.05) is 12.3 Å². The fraction of sp³-hybridized carbons (Fsp3) is 0.462. The highest BCUT2D eigenvalue weighted by atomic mass is 32.2. The fourth-order valence-electron chi connectivity index (χ4n) is 2.26. The van der Waals surface area contributed by atoms with Gasteiger partial charge in [0, 0.05) is 18.9 Å². The molecule has 2 N–H and O–H groups in total. The Hall–Kier alpha value is -1.40. The Bertz CT molecular complexity index is 568. The molecule has 0 saturated heterocycles. The average molecular weight is 283 g/mol. The smallest absolute Gasteiger partial charge is 0.303 e. The molecule has 0 spiro atoms. The minimum atomic E-state index is -3.36. The summed E-state index contributed by atoms with van der Waals surface area (Å²) in [7, 11) is -3.36. The standard InChI is InChI=1S/C13H17NO4S/c15-13(16)6-3-7-19(17,18)14-9-11-8-10-4-1-2-5-12(10)11/h1-2,4-5,11,14H,3,6-9H2,(H,15,16). The van der Waals surface area contributed by atoms with Gasteiger partial charge < -0.3 is 5.11 Å². The van der Waals surface area contributed by atoms with E-state index in [2.05, 4.69) is 4.72 Å². The molecule has 0 radical (unpaired) electrons. The molecular formula is C13H17NO4S. The van der Waals surface area contributed by atoms with Crippen LogP contribution in [0, 0.1) is 0 Å². The van der Waals surface area contributed by atoms with Crippen molar-refractivity contribution in [3.05, 3.63) is 35.4 Å². The Kier molecular flexibility index (Phi) is 4.21. The van der Waals surface area contributed by atoms with E-state index in [1.807, 2.05) is 24.3 Å². The molecule has 2 rings (SSSR count). The summed E-state index contributed by atoms with van der Waals surface area (Å²) in [6.07, 6.45) is 0.924. The third-order valence-electron chi connectivity index (χ3n) is 3.31. The van der Waals surface area contributed by atoms with Crippen molar-refractivity contribution in [3.8, 4) is 0 Å². The van der Waals surface area contributed by atoms with E-state index in [1.165, 1.54) is 11.1 Å². The lowest BCUT2D eigenvalue weighted by Gasteiger charge is -2.30. The first-order valence-electron chi connectivity index (χ1n) is 6.25. The van der Waals surface area contributed by atoms with E-state index < -0.39 is 16.0 Å². The molecule has 0 aromatic heterocycles. The maximum Gasteiger partial charge on any atom is 0.303 e. The number of hydrogen-bond donors (Lipinski definition) is 2. The predicted octanol–water partition coefficient (Wildman–Crippen LogP) is 1.11. The summed E-state index contributed by atoms with van der Waals surface area (Å²) in [4.78, 5) is 10.3. The van der Waals surface area contributed by atoms with Crippen LogP contribution in [0.4, 0.5) is 0 Å².